The van der Waals surface area contributed by atoms with Crippen molar-refractivity contribution in [2.75, 3.05) is 5.88 Å². The minimum atomic E-state index is -0.764. The minimum absolute atomic E-state index is 0.0647. The standard InChI is InChI=1S/C10H10Cl2O2/c11-6-9(12)10(13)14-7-8-4-2-1-3-5-8/h1-5,9H,6-7H2. The van der Waals surface area contributed by atoms with Crippen LogP contribution in [0.1, 0.15) is 5.56 Å². The molecule has 0 aliphatic rings. The molecular weight excluding hydrogens is 223 g/mol. The van der Waals surface area contributed by atoms with Crippen molar-refractivity contribution in [3.8, 4) is 0 Å². The van der Waals surface area contributed by atoms with Gasteiger partial charge in [0.2, 0.25) is 0 Å². The third kappa shape index (κ3) is 3.56. The van der Waals surface area contributed by atoms with E-state index >= 15 is 0 Å². The van der Waals surface area contributed by atoms with E-state index in [1.807, 2.05) is 30.3 Å². The number of carbonyl (C=O) groups excluding carboxylic acids is 1. The lowest BCUT2D eigenvalue weighted by Crippen LogP contribution is -2.19. The molecule has 1 atom stereocenters. The van der Waals surface area contributed by atoms with Gasteiger partial charge in [0.25, 0.3) is 0 Å². The van der Waals surface area contributed by atoms with Gasteiger partial charge in [-0.1, -0.05) is 30.3 Å². The second kappa shape index (κ2) is 5.89. The maximum Gasteiger partial charge on any atom is 0.325 e. The number of rotatable bonds is 4. The maximum atomic E-state index is 11.1. The first-order chi connectivity index (χ1) is 6.74. The highest BCUT2D eigenvalue weighted by Crippen LogP contribution is 2.05. The summed E-state index contributed by atoms with van der Waals surface area (Å²) in [6.45, 7) is 0.236. The Balaban J connectivity index is 2.38. The van der Waals surface area contributed by atoms with Crippen LogP contribution in [0.4, 0.5) is 0 Å². The van der Waals surface area contributed by atoms with E-state index in [9.17, 15) is 4.79 Å². The lowest BCUT2D eigenvalue weighted by atomic mass is 10.2. The van der Waals surface area contributed by atoms with Crippen molar-refractivity contribution in [1.82, 2.24) is 0 Å². The van der Waals surface area contributed by atoms with E-state index in [-0.39, 0.29) is 12.5 Å². The Morgan fingerprint density at radius 3 is 2.57 bits per heavy atom. The van der Waals surface area contributed by atoms with Gasteiger partial charge < -0.3 is 4.74 Å². The van der Waals surface area contributed by atoms with E-state index in [1.165, 1.54) is 0 Å². The number of esters is 1. The Hall–Kier alpha value is -0.730. The first-order valence-corrected chi connectivity index (χ1v) is 5.11. The van der Waals surface area contributed by atoms with Crippen molar-refractivity contribution in [2.45, 2.75) is 12.0 Å². The molecule has 0 bridgehead atoms. The van der Waals surface area contributed by atoms with Crippen LogP contribution in [-0.2, 0) is 16.1 Å². The molecule has 0 amide bonds. The summed E-state index contributed by atoms with van der Waals surface area (Å²) < 4.78 is 4.93. The molecule has 1 rings (SSSR count). The molecule has 2 nitrogen and oxygen atoms in total. The molecule has 1 unspecified atom stereocenters. The lowest BCUT2D eigenvalue weighted by Gasteiger charge is -2.06. The smallest absolute Gasteiger partial charge is 0.325 e. The van der Waals surface area contributed by atoms with Crippen LogP contribution in [0.3, 0.4) is 0 Å². The van der Waals surface area contributed by atoms with Crippen LogP contribution < -0.4 is 0 Å². The van der Waals surface area contributed by atoms with Crippen LogP contribution in [0.15, 0.2) is 30.3 Å². The molecule has 0 aromatic heterocycles. The fourth-order valence-corrected chi connectivity index (χ4v) is 1.07. The number of benzene rings is 1. The van der Waals surface area contributed by atoms with E-state index in [0.29, 0.717) is 0 Å². The monoisotopic (exact) mass is 232 g/mol. The van der Waals surface area contributed by atoms with Gasteiger partial charge >= 0.3 is 5.97 Å². The summed E-state index contributed by atoms with van der Waals surface area (Å²) in [5, 5.41) is -0.764. The van der Waals surface area contributed by atoms with E-state index in [2.05, 4.69) is 0 Å². The van der Waals surface area contributed by atoms with Crippen LogP contribution in [0.25, 0.3) is 0 Å². The molecule has 1 aromatic carbocycles. The minimum Gasteiger partial charge on any atom is -0.460 e. The average Bonchev–Trinajstić information content (AvgIpc) is 2.26. The molecule has 0 aliphatic heterocycles. The molecule has 1 aromatic rings. The fraction of sp³-hybridized carbons (Fsp3) is 0.300. The molecule has 0 N–H and O–H groups in total. The Morgan fingerprint density at radius 2 is 2.00 bits per heavy atom. The van der Waals surface area contributed by atoms with Gasteiger partial charge in [-0.15, -0.1) is 23.2 Å². The van der Waals surface area contributed by atoms with Gasteiger partial charge in [0, 0.05) is 5.88 Å². The zero-order valence-electron chi connectivity index (χ0n) is 7.45. The Kier molecular flexibility index (Phi) is 4.77. The number of hydrogen-bond acceptors (Lipinski definition) is 2. The van der Waals surface area contributed by atoms with Crippen LogP contribution in [0.2, 0.25) is 0 Å². The van der Waals surface area contributed by atoms with Gasteiger partial charge in [0.15, 0.2) is 0 Å². The van der Waals surface area contributed by atoms with Gasteiger partial charge in [-0.2, -0.15) is 0 Å². The number of carbonyl (C=O) groups is 1. The van der Waals surface area contributed by atoms with Gasteiger partial charge in [-0.25, -0.2) is 0 Å². The van der Waals surface area contributed by atoms with Crippen molar-refractivity contribution in [1.29, 1.82) is 0 Å². The van der Waals surface area contributed by atoms with Crippen molar-refractivity contribution in [2.24, 2.45) is 0 Å². The number of ether oxygens (including phenoxy) is 1. The highest BCUT2D eigenvalue weighted by Gasteiger charge is 2.14. The maximum absolute atomic E-state index is 11.1. The van der Waals surface area contributed by atoms with Gasteiger partial charge in [-0.3, -0.25) is 4.79 Å². The first kappa shape index (κ1) is 11.3. The van der Waals surface area contributed by atoms with E-state index in [0.717, 1.165) is 5.56 Å². The summed E-state index contributed by atoms with van der Waals surface area (Å²) >= 11 is 11.0. The van der Waals surface area contributed by atoms with Crippen molar-refractivity contribution >= 4 is 29.2 Å². The molecule has 4 heteroatoms. The van der Waals surface area contributed by atoms with Crippen molar-refractivity contribution < 1.29 is 9.53 Å². The normalized spacial score (nSPS) is 12.1. The van der Waals surface area contributed by atoms with Crippen molar-refractivity contribution in [3.05, 3.63) is 35.9 Å². The van der Waals surface area contributed by atoms with Gasteiger partial charge in [0.05, 0.1) is 0 Å². The zero-order valence-corrected chi connectivity index (χ0v) is 8.96. The average molecular weight is 233 g/mol. The second-order valence-electron chi connectivity index (χ2n) is 2.72. The molecule has 0 heterocycles. The van der Waals surface area contributed by atoms with Crippen molar-refractivity contribution in [3.63, 3.8) is 0 Å². The van der Waals surface area contributed by atoms with Gasteiger partial charge in [0.1, 0.15) is 12.0 Å². The highest BCUT2D eigenvalue weighted by atomic mass is 35.5. The molecule has 0 spiro atoms. The summed E-state index contributed by atoms with van der Waals surface area (Å²) in [6, 6.07) is 9.40. The number of hydrogen-bond donors (Lipinski definition) is 0. The third-order valence-electron chi connectivity index (χ3n) is 1.62. The van der Waals surface area contributed by atoms with Crippen LogP contribution in [-0.4, -0.2) is 17.2 Å². The van der Waals surface area contributed by atoms with Crippen LogP contribution >= 0.6 is 23.2 Å². The summed E-state index contributed by atoms with van der Waals surface area (Å²) in [7, 11) is 0. The van der Waals surface area contributed by atoms with E-state index < -0.39 is 11.3 Å². The molecule has 0 saturated carbocycles. The summed E-state index contributed by atoms with van der Waals surface area (Å²) in [4.78, 5) is 11.1. The number of alkyl halides is 2. The first-order valence-electron chi connectivity index (χ1n) is 4.14. The van der Waals surface area contributed by atoms with Gasteiger partial charge in [-0.05, 0) is 5.56 Å². The summed E-state index contributed by atoms with van der Waals surface area (Å²) in [6.07, 6.45) is 0. The Morgan fingerprint density at radius 1 is 1.36 bits per heavy atom. The fourth-order valence-electron chi connectivity index (χ4n) is 0.882. The van der Waals surface area contributed by atoms with Crippen LogP contribution in [0, 0.1) is 0 Å². The summed E-state index contributed by atoms with van der Waals surface area (Å²) in [5.41, 5.74) is 0.930. The van der Waals surface area contributed by atoms with E-state index in [1.54, 1.807) is 0 Å². The third-order valence-corrected chi connectivity index (χ3v) is 2.41. The lowest BCUT2D eigenvalue weighted by molar-refractivity contribution is -0.144. The molecule has 76 valence electrons. The SMILES string of the molecule is O=C(OCc1ccccc1)C(Cl)CCl. The quantitative estimate of drug-likeness (QED) is 0.590. The summed E-state index contributed by atoms with van der Waals surface area (Å²) in [5.74, 6) is -0.416. The molecule has 0 aliphatic carbocycles. The largest absolute Gasteiger partial charge is 0.460 e. The Labute approximate surface area is 92.8 Å². The highest BCUT2D eigenvalue weighted by molar-refractivity contribution is 6.35. The number of halogens is 2. The van der Waals surface area contributed by atoms with Crippen LogP contribution in [0.5, 0.6) is 0 Å². The zero-order chi connectivity index (χ0) is 10.4. The molecular formula is C10H10Cl2O2. The predicted octanol–water partition coefficient (Wildman–Crippen LogP) is 2.58. The molecule has 0 fully saturated rings. The molecule has 0 saturated heterocycles. The second-order valence-corrected chi connectivity index (χ2v) is 3.55. The topological polar surface area (TPSA) is 26.3 Å². The predicted molar refractivity (Wildman–Crippen MR) is 56.6 cm³/mol. The Bertz CT molecular complexity index is 287. The van der Waals surface area contributed by atoms with E-state index in [4.69, 9.17) is 27.9 Å². The molecule has 14 heavy (non-hydrogen) atoms. The molecule has 0 radical (unpaired) electrons.